The Bertz CT molecular complexity index is 653. The first-order valence-corrected chi connectivity index (χ1v) is 9.59. The van der Waals surface area contributed by atoms with Crippen molar-refractivity contribution in [1.29, 1.82) is 0 Å². The summed E-state index contributed by atoms with van der Waals surface area (Å²) in [7, 11) is 0. The summed E-state index contributed by atoms with van der Waals surface area (Å²) in [4.78, 5) is 14.8. The number of benzene rings is 1. The predicted molar refractivity (Wildman–Crippen MR) is 95.4 cm³/mol. The second kappa shape index (κ2) is 6.60. The van der Waals surface area contributed by atoms with Crippen LogP contribution in [0.3, 0.4) is 0 Å². The first kappa shape index (κ1) is 16.8. The average Bonchev–Trinajstić information content (AvgIpc) is 2.97. The smallest absolute Gasteiger partial charge is 0.322 e. The largest absolute Gasteiger partial charge is 0.381 e. The van der Waals surface area contributed by atoms with E-state index in [0.29, 0.717) is 12.5 Å². The van der Waals surface area contributed by atoms with E-state index in [0.717, 1.165) is 63.0 Å². The highest BCUT2D eigenvalue weighted by Crippen LogP contribution is 2.53. The van der Waals surface area contributed by atoms with Crippen LogP contribution in [0.1, 0.15) is 51.0 Å². The van der Waals surface area contributed by atoms with Crippen molar-refractivity contribution >= 4 is 11.7 Å². The van der Waals surface area contributed by atoms with E-state index in [-0.39, 0.29) is 23.3 Å². The van der Waals surface area contributed by atoms with E-state index in [1.807, 2.05) is 6.07 Å². The summed E-state index contributed by atoms with van der Waals surface area (Å²) in [6.07, 6.45) is 5.96. The maximum atomic E-state index is 14.5. The number of urea groups is 1. The molecular formula is C20H27FN2O2. The molecule has 2 aliphatic heterocycles. The number of hydrogen-bond acceptors (Lipinski definition) is 2. The molecule has 3 aliphatic rings. The lowest BCUT2D eigenvalue weighted by Gasteiger charge is -2.39. The zero-order valence-electron chi connectivity index (χ0n) is 14.9. The van der Waals surface area contributed by atoms with Crippen molar-refractivity contribution < 1.29 is 13.9 Å². The van der Waals surface area contributed by atoms with Crippen LogP contribution in [0.2, 0.25) is 0 Å². The van der Waals surface area contributed by atoms with Crippen molar-refractivity contribution in [3.63, 3.8) is 0 Å². The Balaban J connectivity index is 1.54. The van der Waals surface area contributed by atoms with Crippen LogP contribution in [-0.2, 0) is 10.2 Å². The van der Waals surface area contributed by atoms with E-state index >= 15 is 0 Å². The Kier molecular flexibility index (Phi) is 4.44. The van der Waals surface area contributed by atoms with Crippen LogP contribution < -0.4 is 10.2 Å². The summed E-state index contributed by atoms with van der Waals surface area (Å²) in [6.45, 7) is 4.28. The number of nitrogens with one attached hydrogen (secondary N) is 1. The Morgan fingerprint density at radius 1 is 1.40 bits per heavy atom. The van der Waals surface area contributed by atoms with E-state index in [1.165, 1.54) is 6.07 Å². The lowest BCUT2D eigenvalue weighted by Crippen LogP contribution is -2.50. The third-order valence-corrected chi connectivity index (χ3v) is 6.41. The van der Waals surface area contributed by atoms with Crippen LogP contribution in [0.15, 0.2) is 18.2 Å². The minimum absolute atomic E-state index is 0.0750. The molecule has 1 aromatic carbocycles. The third-order valence-electron chi connectivity index (χ3n) is 6.41. The van der Waals surface area contributed by atoms with Gasteiger partial charge >= 0.3 is 6.03 Å². The van der Waals surface area contributed by atoms with Crippen LogP contribution in [0, 0.1) is 11.7 Å². The number of nitrogens with zero attached hydrogens (tertiary/aromatic N) is 1. The van der Waals surface area contributed by atoms with Gasteiger partial charge in [0.25, 0.3) is 0 Å². The van der Waals surface area contributed by atoms with E-state index in [9.17, 15) is 9.18 Å². The summed E-state index contributed by atoms with van der Waals surface area (Å²) >= 11 is 0. The number of fused-ring (bicyclic) bond motifs is 2. The van der Waals surface area contributed by atoms with Gasteiger partial charge in [0.05, 0.1) is 5.69 Å². The molecule has 1 unspecified atom stereocenters. The Morgan fingerprint density at radius 2 is 2.16 bits per heavy atom. The molecule has 2 amide bonds. The predicted octanol–water partition coefficient (Wildman–Crippen LogP) is 3.98. The number of ether oxygens (including phenoxy) is 1. The van der Waals surface area contributed by atoms with Gasteiger partial charge in [-0.2, -0.15) is 0 Å². The zero-order valence-corrected chi connectivity index (χ0v) is 14.9. The van der Waals surface area contributed by atoms with Gasteiger partial charge in [0.15, 0.2) is 0 Å². The van der Waals surface area contributed by atoms with Crippen LogP contribution in [-0.4, -0.2) is 31.8 Å². The molecule has 0 radical (unpaired) electrons. The molecule has 0 bridgehead atoms. The van der Waals surface area contributed by atoms with Crippen molar-refractivity contribution in [2.24, 2.45) is 5.92 Å². The van der Waals surface area contributed by atoms with Gasteiger partial charge in [-0.25, -0.2) is 9.18 Å². The van der Waals surface area contributed by atoms with Gasteiger partial charge in [0.1, 0.15) is 5.82 Å². The highest BCUT2D eigenvalue weighted by Gasteiger charge is 2.50. The minimum Gasteiger partial charge on any atom is -0.381 e. The molecule has 2 heterocycles. The zero-order chi connectivity index (χ0) is 17.4. The van der Waals surface area contributed by atoms with Gasteiger partial charge in [-0.15, -0.1) is 0 Å². The number of carbonyl (C=O) groups is 1. The first-order chi connectivity index (χ1) is 12.1. The molecule has 0 aromatic heterocycles. The third kappa shape index (κ3) is 2.82. The molecule has 1 N–H and O–H groups in total. The van der Waals surface area contributed by atoms with Crippen LogP contribution in [0.5, 0.6) is 0 Å². The number of amides is 2. The summed E-state index contributed by atoms with van der Waals surface area (Å²) in [5.41, 5.74) is 1.37. The Hall–Kier alpha value is -1.62. The van der Waals surface area contributed by atoms with Crippen LogP contribution >= 0.6 is 0 Å². The van der Waals surface area contributed by atoms with Gasteiger partial charge in [-0.1, -0.05) is 19.4 Å². The van der Waals surface area contributed by atoms with E-state index < -0.39 is 0 Å². The lowest BCUT2D eigenvalue weighted by molar-refractivity contribution is 0.0546. The number of carbonyl (C=O) groups excluding carboxylic acids is 1. The normalized spacial score (nSPS) is 23.2. The van der Waals surface area contributed by atoms with E-state index in [4.69, 9.17) is 4.74 Å². The molecular weight excluding hydrogens is 319 g/mol. The number of anilines is 1. The SMILES string of the molecule is CCC(NC(=O)N1CC2(CCC2)c2c(F)cccc21)C1CCOCC1. The van der Waals surface area contributed by atoms with Gasteiger partial charge < -0.3 is 10.1 Å². The fourth-order valence-corrected chi connectivity index (χ4v) is 4.83. The van der Waals surface area contributed by atoms with Crippen LogP contribution in [0.4, 0.5) is 14.9 Å². The number of hydrogen-bond donors (Lipinski definition) is 1. The minimum atomic E-state index is -0.163. The topological polar surface area (TPSA) is 41.6 Å². The van der Waals surface area contributed by atoms with Crippen LogP contribution in [0.25, 0.3) is 0 Å². The van der Waals surface area contributed by atoms with Gasteiger partial charge in [0, 0.05) is 36.8 Å². The molecule has 2 fully saturated rings. The molecule has 1 saturated carbocycles. The summed E-state index contributed by atoms with van der Waals surface area (Å²) in [6, 6.07) is 5.21. The fraction of sp³-hybridized carbons (Fsp3) is 0.650. The Labute approximate surface area is 148 Å². The monoisotopic (exact) mass is 346 g/mol. The van der Waals surface area contributed by atoms with Crippen molar-refractivity contribution in [3.8, 4) is 0 Å². The first-order valence-electron chi connectivity index (χ1n) is 9.59. The van der Waals surface area contributed by atoms with E-state index in [2.05, 4.69) is 12.2 Å². The quantitative estimate of drug-likeness (QED) is 0.899. The summed E-state index contributed by atoms with van der Waals surface area (Å²) in [5, 5.41) is 3.23. The Morgan fingerprint density at radius 3 is 2.80 bits per heavy atom. The van der Waals surface area contributed by atoms with Crippen molar-refractivity contribution in [2.45, 2.75) is 56.9 Å². The lowest BCUT2D eigenvalue weighted by atomic mass is 9.65. The summed E-state index contributed by atoms with van der Waals surface area (Å²) < 4.78 is 19.9. The fourth-order valence-electron chi connectivity index (χ4n) is 4.83. The molecule has 1 atom stereocenters. The van der Waals surface area contributed by atoms with Crippen molar-refractivity contribution in [3.05, 3.63) is 29.6 Å². The second-order valence-electron chi connectivity index (χ2n) is 7.77. The second-order valence-corrected chi connectivity index (χ2v) is 7.77. The molecule has 4 rings (SSSR count). The molecule has 136 valence electrons. The molecule has 1 saturated heterocycles. The molecule has 1 aromatic rings. The molecule has 1 spiro atoms. The van der Waals surface area contributed by atoms with Gasteiger partial charge in [0.2, 0.25) is 0 Å². The molecule has 4 nitrogen and oxygen atoms in total. The molecule has 1 aliphatic carbocycles. The molecule has 25 heavy (non-hydrogen) atoms. The average molecular weight is 346 g/mol. The standard InChI is InChI=1S/C20H27FN2O2/c1-2-16(14-7-11-25-12-8-14)22-19(24)23-13-20(9-4-10-20)18-15(21)5-3-6-17(18)23/h3,5-6,14,16H,2,4,7-13H2,1H3,(H,22,24). The van der Waals surface area contributed by atoms with Crippen molar-refractivity contribution in [1.82, 2.24) is 5.32 Å². The maximum Gasteiger partial charge on any atom is 0.322 e. The highest BCUT2D eigenvalue weighted by molar-refractivity contribution is 5.95. The number of halogens is 1. The number of rotatable bonds is 3. The highest BCUT2D eigenvalue weighted by atomic mass is 19.1. The summed E-state index contributed by atoms with van der Waals surface area (Å²) in [5.74, 6) is 0.305. The maximum absolute atomic E-state index is 14.5. The van der Waals surface area contributed by atoms with Gasteiger partial charge in [-0.3, -0.25) is 4.90 Å². The van der Waals surface area contributed by atoms with E-state index in [1.54, 1.807) is 11.0 Å². The molecule has 5 heteroatoms. The van der Waals surface area contributed by atoms with Crippen molar-refractivity contribution in [2.75, 3.05) is 24.7 Å². The van der Waals surface area contributed by atoms with Gasteiger partial charge in [-0.05, 0) is 50.2 Å².